The Labute approximate surface area is 208 Å². The number of hydrogen-bond donors (Lipinski definition) is 1. The molecule has 0 fully saturated rings. The zero-order chi connectivity index (χ0) is 24.7. The highest BCUT2D eigenvalue weighted by Gasteiger charge is 2.29. The van der Waals surface area contributed by atoms with Crippen molar-refractivity contribution in [1.29, 1.82) is 0 Å². The first-order chi connectivity index (χ1) is 15.6. The van der Waals surface area contributed by atoms with Crippen LogP contribution in [0.3, 0.4) is 0 Å². The van der Waals surface area contributed by atoms with Crippen molar-refractivity contribution >= 4 is 11.6 Å². The minimum atomic E-state index is 0.0175. The third kappa shape index (κ3) is 13.0. The number of para-hydroxylation sites is 2. The van der Waals surface area contributed by atoms with Gasteiger partial charge in [0.2, 0.25) is 0 Å². The lowest BCUT2D eigenvalue weighted by atomic mass is 9.72. The van der Waals surface area contributed by atoms with Crippen LogP contribution in [0.1, 0.15) is 98.5 Å². The Balaban J connectivity index is 0.000000335. The van der Waals surface area contributed by atoms with E-state index >= 15 is 0 Å². The average molecular weight is 475 g/mol. The van der Waals surface area contributed by atoms with Gasteiger partial charge in [0, 0.05) is 0 Å². The lowest BCUT2D eigenvalue weighted by molar-refractivity contribution is 0.209. The number of phenolic OH excluding ortho intramolecular Hbond substituents is 1. The van der Waals surface area contributed by atoms with Crippen LogP contribution in [-0.4, -0.2) is 17.1 Å². The molecule has 1 unspecified atom stereocenters. The summed E-state index contributed by atoms with van der Waals surface area (Å²) >= 11 is 5.95. The first-order valence-electron chi connectivity index (χ1n) is 12.6. The molecule has 1 atom stereocenters. The molecule has 0 heterocycles. The molecule has 3 heteroatoms. The van der Waals surface area contributed by atoms with Crippen LogP contribution in [0.2, 0.25) is 0 Å². The van der Waals surface area contributed by atoms with Gasteiger partial charge < -0.3 is 9.84 Å². The fourth-order valence-corrected chi connectivity index (χ4v) is 4.70. The van der Waals surface area contributed by atoms with E-state index in [-0.39, 0.29) is 16.9 Å². The molecule has 0 radical (unpaired) electrons. The number of benzene rings is 2. The summed E-state index contributed by atoms with van der Waals surface area (Å²) in [6.07, 6.45) is 10.2. The van der Waals surface area contributed by atoms with Crippen molar-refractivity contribution in [3.63, 3.8) is 0 Å². The third-order valence-electron chi connectivity index (χ3n) is 5.70. The van der Waals surface area contributed by atoms with Crippen LogP contribution in [0.25, 0.3) is 0 Å². The lowest BCUT2D eigenvalue weighted by Gasteiger charge is -2.33. The summed E-state index contributed by atoms with van der Waals surface area (Å²) in [7, 11) is 0. The van der Waals surface area contributed by atoms with E-state index in [4.69, 9.17) is 16.3 Å². The van der Waals surface area contributed by atoms with Gasteiger partial charge >= 0.3 is 0 Å². The number of unbranched alkanes of at least 4 members (excludes halogenated alkanes) is 5. The second-order valence-electron chi connectivity index (χ2n) is 10.9. The van der Waals surface area contributed by atoms with Gasteiger partial charge in [-0.05, 0) is 53.9 Å². The standard InChI is InChI=1S/C16H25ClO.C14H22O/c1-2-3-4-5-6-8-13-16(14-17)18-15-11-9-7-10-12-15;1-13(2,3)10-14(4,5)11-8-6-7-9-12(11)15/h7,9-12,16H,2-6,8,13-14H2,1H3;6-9,15H,10H2,1-5H3. The van der Waals surface area contributed by atoms with Crippen LogP contribution in [-0.2, 0) is 5.41 Å². The highest BCUT2D eigenvalue weighted by molar-refractivity contribution is 6.18. The van der Waals surface area contributed by atoms with Crippen LogP contribution >= 0.6 is 11.6 Å². The maximum Gasteiger partial charge on any atom is 0.119 e. The minimum absolute atomic E-state index is 0.0175. The van der Waals surface area contributed by atoms with Gasteiger partial charge in [0.15, 0.2) is 0 Å². The van der Waals surface area contributed by atoms with Crippen LogP contribution in [0.4, 0.5) is 0 Å². The van der Waals surface area contributed by atoms with Crippen LogP contribution in [0, 0.1) is 5.41 Å². The van der Waals surface area contributed by atoms with E-state index in [9.17, 15) is 5.11 Å². The van der Waals surface area contributed by atoms with Crippen LogP contribution < -0.4 is 4.74 Å². The predicted octanol–water partition coefficient (Wildman–Crippen LogP) is 9.53. The van der Waals surface area contributed by atoms with Crippen molar-refractivity contribution in [1.82, 2.24) is 0 Å². The molecule has 0 saturated carbocycles. The van der Waals surface area contributed by atoms with Gasteiger partial charge in [-0.25, -0.2) is 0 Å². The molecule has 0 amide bonds. The Bertz CT molecular complexity index is 749. The zero-order valence-electron chi connectivity index (χ0n) is 21.9. The van der Waals surface area contributed by atoms with Crippen molar-refractivity contribution in [2.24, 2.45) is 5.41 Å². The molecular formula is C30H47ClO2. The number of halogens is 1. The molecular weight excluding hydrogens is 428 g/mol. The Morgan fingerprint density at radius 2 is 1.39 bits per heavy atom. The molecule has 2 aromatic carbocycles. The Hall–Kier alpha value is -1.67. The highest BCUT2D eigenvalue weighted by atomic mass is 35.5. The molecule has 33 heavy (non-hydrogen) atoms. The van der Waals surface area contributed by atoms with Crippen molar-refractivity contribution in [3.8, 4) is 11.5 Å². The second kappa shape index (κ2) is 15.3. The van der Waals surface area contributed by atoms with Crippen molar-refractivity contribution in [2.75, 3.05) is 5.88 Å². The largest absolute Gasteiger partial charge is 0.508 e. The molecule has 2 aromatic rings. The topological polar surface area (TPSA) is 29.5 Å². The minimum Gasteiger partial charge on any atom is -0.508 e. The lowest BCUT2D eigenvalue weighted by Crippen LogP contribution is -2.24. The number of hydrogen-bond acceptors (Lipinski definition) is 2. The molecule has 0 aromatic heterocycles. The molecule has 0 aliphatic heterocycles. The summed E-state index contributed by atoms with van der Waals surface area (Å²) in [5.41, 5.74) is 1.33. The van der Waals surface area contributed by atoms with Crippen LogP contribution in [0.5, 0.6) is 11.5 Å². The van der Waals surface area contributed by atoms with Crippen molar-refractivity contribution in [2.45, 2.75) is 104 Å². The quantitative estimate of drug-likeness (QED) is 0.245. The molecule has 2 rings (SSSR count). The van der Waals surface area contributed by atoms with Crippen molar-refractivity contribution in [3.05, 3.63) is 60.2 Å². The van der Waals surface area contributed by atoms with Crippen molar-refractivity contribution < 1.29 is 9.84 Å². The van der Waals surface area contributed by atoms with E-state index in [1.807, 2.05) is 48.5 Å². The first kappa shape index (κ1) is 29.4. The summed E-state index contributed by atoms with van der Waals surface area (Å²) in [4.78, 5) is 0. The van der Waals surface area contributed by atoms with Gasteiger partial charge in [0.25, 0.3) is 0 Å². The highest BCUT2D eigenvalue weighted by Crippen LogP contribution is 2.39. The molecule has 0 aliphatic carbocycles. The van der Waals surface area contributed by atoms with E-state index in [0.717, 1.165) is 24.2 Å². The SMILES string of the molecule is CC(C)(C)CC(C)(C)c1ccccc1O.CCCCCCCCC(CCl)Oc1ccccc1. The molecule has 186 valence electrons. The second-order valence-corrected chi connectivity index (χ2v) is 11.2. The summed E-state index contributed by atoms with van der Waals surface area (Å²) in [6, 6.07) is 17.6. The molecule has 0 spiro atoms. The van der Waals surface area contributed by atoms with Gasteiger partial charge in [0.1, 0.15) is 17.6 Å². The molecule has 0 saturated heterocycles. The maximum absolute atomic E-state index is 9.84. The van der Waals surface area contributed by atoms with E-state index in [2.05, 4.69) is 41.5 Å². The summed E-state index contributed by atoms with van der Waals surface area (Å²) < 4.78 is 5.86. The number of aromatic hydroxyl groups is 1. The van der Waals surface area contributed by atoms with Gasteiger partial charge in [0.05, 0.1) is 5.88 Å². The summed E-state index contributed by atoms with van der Waals surface area (Å²) in [5, 5.41) is 9.84. The fourth-order valence-electron chi connectivity index (χ4n) is 4.48. The van der Waals surface area contributed by atoms with E-state index in [1.54, 1.807) is 6.07 Å². The number of rotatable bonds is 12. The normalized spacial score (nSPS) is 12.6. The number of ether oxygens (including phenoxy) is 1. The monoisotopic (exact) mass is 474 g/mol. The zero-order valence-corrected chi connectivity index (χ0v) is 22.6. The summed E-state index contributed by atoms with van der Waals surface area (Å²) in [6.45, 7) is 13.3. The van der Waals surface area contributed by atoms with Crippen LogP contribution in [0.15, 0.2) is 54.6 Å². The third-order valence-corrected chi connectivity index (χ3v) is 6.05. The number of alkyl halides is 1. The average Bonchev–Trinajstić information content (AvgIpc) is 2.75. The number of phenols is 1. The smallest absolute Gasteiger partial charge is 0.119 e. The molecule has 0 aliphatic rings. The maximum atomic E-state index is 9.84. The Morgan fingerprint density at radius 3 is 1.97 bits per heavy atom. The Kier molecular flexibility index (Phi) is 13.6. The van der Waals surface area contributed by atoms with Gasteiger partial charge in [-0.15, -0.1) is 11.6 Å². The fraction of sp³-hybridized carbons (Fsp3) is 0.600. The van der Waals surface area contributed by atoms with Gasteiger partial charge in [-0.1, -0.05) is 110 Å². The van der Waals surface area contributed by atoms with Gasteiger partial charge in [-0.3, -0.25) is 0 Å². The molecule has 2 nitrogen and oxygen atoms in total. The summed E-state index contributed by atoms with van der Waals surface area (Å²) in [5.74, 6) is 1.91. The first-order valence-corrected chi connectivity index (χ1v) is 13.2. The van der Waals surface area contributed by atoms with E-state index in [1.165, 1.54) is 38.5 Å². The van der Waals surface area contributed by atoms with E-state index < -0.39 is 0 Å². The predicted molar refractivity (Wildman–Crippen MR) is 145 cm³/mol. The molecule has 0 bridgehead atoms. The Morgan fingerprint density at radius 1 is 0.818 bits per heavy atom. The molecule has 1 N–H and O–H groups in total. The van der Waals surface area contributed by atoms with Gasteiger partial charge in [-0.2, -0.15) is 0 Å². The van der Waals surface area contributed by atoms with E-state index in [0.29, 0.717) is 11.6 Å².